The SMILES string of the molecule is CCc1ncnc(N2CCOCC2)c1C#Cc1cnc(OC)c(NS(=O)(=O)CC)c1. The molecule has 1 saturated heterocycles. The minimum atomic E-state index is -3.48. The molecule has 30 heavy (non-hydrogen) atoms. The van der Waals surface area contributed by atoms with Gasteiger partial charge < -0.3 is 14.4 Å². The van der Waals surface area contributed by atoms with Crippen molar-refractivity contribution < 1.29 is 17.9 Å². The van der Waals surface area contributed by atoms with E-state index in [9.17, 15) is 8.42 Å². The Kier molecular flexibility index (Phi) is 7.07. The quantitative estimate of drug-likeness (QED) is 0.685. The molecule has 0 spiro atoms. The summed E-state index contributed by atoms with van der Waals surface area (Å²) in [5.41, 5.74) is 2.41. The summed E-state index contributed by atoms with van der Waals surface area (Å²) in [6, 6.07) is 1.61. The van der Waals surface area contributed by atoms with E-state index in [0.717, 1.165) is 30.2 Å². The van der Waals surface area contributed by atoms with Crippen LogP contribution in [0.1, 0.15) is 30.7 Å². The lowest BCUT2D eigenvalue weighted by molar-refractivity contribution is 0.122. The van der Waals surface area contributed by atoms with Gasteiger partial charge in [-0.3, -0.25) is 4.72 Å². The van der Waals surface area contributed by atoms with Gasteiger partial charge in [-0.05, 0) is 19.4 Å². The van der Waals surface area contributed by atoms with E-state index >= 15 is 0 Å². The number of sulfonamides is 1. The zero-order valence-corrected chi connectivity index (χ0v) is 18.1. The van der Waals surface area contributed by atoms with Crippen molar-refractivity contribution in [3.63, 3.8) is 0 Å². The molecule has 3 rings (SSSR count). The Morgan fingerprint density at radius 2 is 1.97 bits per heavy atom. The smallest absolute Gasteiger partial charge is 0.238 e. The molecule has 2 aromatic heterocycles. The zero-order valence-electron chi connectivity index (χ0n) is 17.3. The van der Waals surface area contributed by atoms with Crippen LogP contribution >= 0.6 is 0 Å². The number of nitrogens with one attached hydrogen (secondary N) is 1. The highest BCUT2D eigenvalue weighted by molar-refractivity contribution is 7.92. The fourth-order valence-corrected chi connectivity index (χ4v) is 3.58. The molecule has 0 atom stereocenters. The Balaban J connectivity index is 1.99. The van der Waals surface area contributed by atoms with E-state index in [2.05, 4.69) is 36.4 Å². The molecule has 0 saturated carbocycles. The second kappa shape index (κ2) is 9.73. The molecule has 0 unspecified atom stereocenters. The molecule has 3 heterocycles. The van der Waals surface area contributed by atoms with E-state index in [1.165, 1.54) is 7.11 Å². The highest BCUT2D eigenvalue weighted by atomic mass is 32.2. The van der Waals surface area contributed by atoms with Crippen molar-refractivity contribution in [1.29, 1.82) is 0 Å². The zero-order chi connectivity index (χ0) is 21.6. The molecular weight excluding hydrogens is 406 g/mol. The number of hydrogen-bond donors (Lipinski definition) is 1. The molecule has 0 aliphatic carbocycles. The Morgan fingerprint density at radius 3 is 2.63 bits per heavy atom. The maximum absolute atomic E-state index is 12.0. The average Bonchev–Trinajstić information content (AvgIpc) is 2.78. The van der Waals surface area contributed by atoms with Crippen molar-refractivity contribution in [2.75, 3.05) is 48.8 Å². The molecule has 0 aromatic carbocycles. The predicted octanol–water partition coefficient (Wildman–Crippen LogP) is 1.44. The number of methoxy groups -OCH3 is 1. The van der Waals surface area contributed by atoms with E-state index in [0.29, 0.717) is 25.2 Å². The topological polar surface area (TPSA) is 107 Å². The van der Waals surface area contributed by atoms with Crippen molar-refractivity contribution in [1.82, 2.24) is 15.0 Å². The molecule has 0 radical (unpaired) electrons. The van der Waals surface area contributed by atoms with Gasteiger partial charge in [0.05, 0.1) is 37.3 Å². The van der Waals surface area contributed by atoms with Crippen LogP contribution in [0.5, 0.6) is 5.88 Å². The molecule has 10 heteroatoms. The largest absolute Gasteiger partial charge is 0.479 e. The van der Waals surface area contributed by atoms with Crippen LogP contribution in [0.4, 0.5) is 11.5 Å². The summed E-state index contributed by atoms with van der Waals surface area (Å²) in [7, 11) is -2.05. The van der Waals surface area contributed by atoms with Gasteiger partial charge in [-0.1, -0.05) is 18.8 Å². The number of pyridine rings is 1. The summed E-state index contributed by atoms with van der Waals surface area (Å²) in [6.07, 6.45) is 3.81. The standard InChI is InChI=1S/C20H25N5O4S/c1-4-17-16(19(23-14-22-17)25-8-10-29-11-9-25)7-6-15-12-18(20(28-3)21-13-15)24-30(26,27)5-2/h12-14,24H,4-5,8-11H2,1-3H3. The van der Waals surface area contributed by atoms with E-state index in [1.54, 1.807) is 25.5 Å². The van der Waals surface area contributed by atoms with Gasteiger partial charge in [-0.2, -0.15) is 0 Å². The van der Waals surface area contributed by atoms with Crippen molar-refractivity contribution in [2.24, 2.45) is 0 Å². The summed E-state index contributed by atoms with van der Waals surface area (Å²) >= 11 is 0. The lowest BCUT2D eigenvalue weighted by atomic mass is 10.1. The number of aryl methyl sites for hydroxylation is 1. The van der Waals surface area contributed by atoms with Crippen molar-refractivity contribution >= 4 is 21.5 Å². The number of aromatic nitrogens is 3. The van der Waals surface area contributed by atoms with Gasteiger partial charge in [0.1, 0.15) is 17.8 Å². The molecule has 0 bridgehead atoms. The molecule has 1 fully saturated rings. The van der Waals surface area contributed by atoms with Gasteiger partial charge in [0.2, 0.25) is 15.9 Å². The minimum absolute atomic E-state index is 0.0593. The van der Waals surface area contributed by atoms with Crippen LogP contribution in [0.15, 0.2) is 18.6 Å². The monoisotopic (exact) mass is 431 g/mol. The third-order valence-corrected chi connectivity index (χ3v) is 5.86. The number of hydrogen-bond acceptors (Lipinski definition) is 8. The summed E-state index contributed by atoms with van der Waals surface area (Å²) in [6.45, 7) is 6.33. The number of anilines is 2. The van der Waals surface area contributed by atoms with Gasteiger partial charge in [0, 0.05) is 24.8 Å². The van der Waals surface area contributed by atoms with Crippen LogP contribution in [0.3, 0.4) is 0 Å². The highest BCUT2D eigenvalue weighted by Gasteiger charge is 2.18. The number of ether oxygens (including phenoxy) is 2. The van der Waals surface area contributed by atoms with Crippen LogP contribution in [-0.2, 0) is 21.2 Å². The van der Waals surface area contributed by atoms with Gasteiger partial charge in [0.25, 0.3) is 0 Å². The molecule has 1 aliphatic rings. The second-order valence-corrected chi connectivity index (χ2v) is 8.52. The van der Waals surface area contributed by atoms with E-state index in [4.69, 9.17) is 9.47 Å². The molecular formula is C20H25N5O4S. The number of morpholine rings is 1. The lowest BCUT2D eigenvalue weighted by Gasteiger charge is -2.28. The average molecular weight is 432 g/mol. The van der Waals surface area contributed by atoms with E-state index < -0.39 is 10.0 Å². The maximum atomic E-state index is 12.0. The van der Waals surface area contributed by atoms with Gasteiger partial charge in [-0.15, -0.1) is 0 Å². The Labute approximate surface area is 176 Å². The normalized spacial score (nSPS) is 14.0. The van der Waals surface area contributed by atoms with Crippen molar-refractivity contribution in [3.8, 4) is 17.7 Å². The first kappa shape index (κ1) is 21.8. The Morgan fingerprint density at radius 1 is 1.20 bits per heavy atom. The van der Waals surface area contributed by atoms with E-state index in [-0.39, 0.29) is 17.3 Å². The van der Waals surface area contributed by atoms with Crippen LogP contribution in [0, 0.1) is 11.8 Å². The van der Waals surface area contributed by atoms with Crippen LogP contribution in [0.25, 0.3) is 0 Å². The fraction of sp³-hybridized carbons (Fsp3) is 0.450. The highest BCUT2D eigenvalue weighted by Crippen LogP contribution is 2.24. The number of rotatable bonds is 6. The molecule has 2 aromatic rings. The van der Waals surface area contributed by atoms with E-state index in [1.807, 2.05) is 6.92 Å². The van der Waals surface area contributed by atoms with Crippen LogP contribution < -0.4 is 14.4 Å². The number of nitrogens with zero attached hydrogens (tertiary/aromatic N) is 4. The predicted molar refractivity (Wildman–Crippen MR) is 114 cm³/mol. The minimum Gasteiger partial charge on any atom is -0.479 e. The van der Waals surface area contributed by atoms with Crippen LogP contribution in [-0.4, -0.2) is 62.5 Å². The third-order valence-electron chi connectivity index (χ3n) is 4.57. The summed E-state index contributed by atoms with van der Waals surface area (Å²) in [5.74, 6) is 7.15. The Bertz CT molecular complexity index is 1060. The first-order chi connectivity index (χ1) is 14.5. The fourth-order valence-electron chi connectivity index (χ4n) is 2.95. The first-order valence-corrected chi connectivity index (χ1v) is 11.4. The molecule has 1 N–H and O–H groups in total. The molecule has 9 nitrogen and oxygen atoms in total. The molecule has 0 amide bonds. The first-order valence-electron chi connectivity index (χ1n) is 9.70. The summed E-state index contributed by atoms with van der Waals surface area (Å²) < 4.78 is 37.0. The van der Waals surface area contributed by atoms with Crippen molar-refractivity contribution in [3.05, 3.63) is 35.4 Å². The summed E-state index contributed by atoms with van der Waals surface area (Å²) in [4.78, 5) is 15.1. The third kappa shape index (κ3) is 5.17. The maximum Gasteiger partial charge on any atom is 0.238 e. The van der Waals surface area contributed by atoms with Gasteiger partial charge >= 0.3 is 0 Å². The second-order valence-electron chi connectivity index (χ2n) is 6.51. The van der Waals surface area contributed by atoms with Gasteiger partial charge in [0.15, 0.2) is 0 Å². The lowest BCUT2D eigenvalue weighted by Crippen LogP contribution is -2.37. The summed E-state index contributed by atoms with van der Waals surface area (Å²) in [5, 5.41) is 0. The van der Waals surface area contributed by atoms with Crippen LogP contribution in [0.2, 0.25) is 0 Å². The molecule has 160 valence electrons. The Hall–Kier alpha value is -2.90. The molecule has 1 aliphatic heterocycles. The van der Waals surface area contributed by atoms with Crippen molar-refractivity contribution in [2.45, 2.75) is 20.3 Å². The van der Waals surface area contributed by atoms with Gasteiger partial charge in [-0.25, -0.2) is 23.4 Å².